The summed E-state index contributed by atoms with van der Waals surface area (Å²) in [6, 6.07) is 4.69. The van der Waals surface area contributed by atoms with E-state index in [9.17, 15) is 28.1 Å². The molecule has 0 saturated carbocycles. The van der Waals surface area contributed by atoms with Crippen molar-refractivity contribution >= 4 is 31.6 Å². The van der Waals surface area contributed by atoms with Gasteiger partial charge < -0.3 is 14.3 Å². The van der Waals surface area contributed by atoms with Crippen molar-refractivity contribution in [2.75, 3.05) is 25.2 Å². The first-order valence-electron chi connectivity index (χ1n) is 8.24. The smallest absolute Gasteiger partial charge is 0.341 e. The van der Waals surface area contributed by atoms with E-state index in [1.54, 1.807) is 6.07 Å². The van der Waals surface area contributed by atoms with Gasteiger partial charge in [-0.2, -0.15) is 0 Å². The van der Waals surface area contributed by atoms with E-state index in [2.05, 4.69) is 4.84 Å². The van der Waals surface area contributed by atoms with E-state index in [1.165, 1.54) is 12.1 Å². The monoisotopic (exact) mass is 435 g/mol. The molecule has 0 saturated heterocycles. The molecule has 1 aromatic rings. The summed E-state index contributed by atoms with van der Waals surface area (Å²) in [5.41, 5.74) is 0.857. The number of carbonyl (C=O) groups is 2. The van der Waals surface area contributed by atoms with E-state index >= 15 is 0 Å². The molecule has 0 heterocycles. The van der Waals surface area contributed by atoms with E-state index in [0.717, 1.165) is 11.8 Å². The Kier molecular flexibility index (Phi) is 9.73. The number of ether oxygens (including phenoxy) is 2. The van der Waals surface area contributed by atoms with Crippen molar-refractivity contribution < 1.29 is 37.4 Å². The van der Waals surface area contributed by atoms with Crippen LogP contribution in [0.4, 0.5) is 0 Å². The number of aryl methyl sites for hydroxylation is 1. The normalized spacial score (nSPS) is 10.9. The lowest BCUT2D eigenvalue weighted by Gasteiger charge is -2.11. The van der Waals surface area contributed by atoms with Crippen LogP contribution in [0.15, 0.2) is 18.2 Å². The Morgan fingerprint density at radius 1 is 1.25 bits per heavy atom. The minimum atomic E-state index is -3.23. The van der Waals surface area contributed by atoms with Crippen molar-refractivity contribution in [2.24, 2.45) is 0 Å². The molecule has 0 N–H and O–H groups in total. The van der Waals surface area contributed by atoms with Crippen LogP contribution in [-0.2, 0) is 29.7 Å². The van der Waals surface area contributed by atoms with Gasteiger partial charge in [-0.1, -0.05) is 13.0 Å². The van der Waals surface area contributed by atoms with Crippen LogP contribution in [0.2, 0.25) is 0 Å². The zero-order chi connectivity index (χ0) is 21.2. The molecular formula is C16H21NO9S2. The Morgan fingerprint density at radius 2 is 1.96 bits per heavy atom. The zero-order valence-corrected chi connectivity index (χ0v) is 17.0. The number of esters is 2. The van der Waals surface area contributed by atoms with Crippen molar-refractivity contribution in [3.63, 3.8) is 0 Å². The molecule has 0 atom stereocenters. The van der Waals surface area contributed by atoms with Gasteiger partial charge in [0.25, 0.3) is 5.09 Å². The second kappa shape index (κ2) is 11.5. The van der Waals surface area contributed by atoms with Gasteiger partial charge in [0.2, 0.25) is 0 Å². The minimum Gasteiger partial charge on any atom is -0.461 e. The lowest BCUT2D eigenvalue weighted by molar-refractivity contribution is -0.757. The van der Waals surface area contributed by atoms with Crippen molar-refractivity contribution in [1.29, 1.82) is 0 Å². The van der Waals surface area contributed by atoms with Gasteiger partial charge in [-0.05, 0) is 41.3 Å². The fraction of sp³-hybridized carbons (Fsp3) is 0.500. The molecule has 0 bridgehead atoms. The average Bonchev–Trinajstić information content (AvgIpc) is 2.61. The molecule has 0 spiro atoms. The Bertz CT molecular complexity index is 808. The van der Waals surface area contributed by atoms with Crippen molar-refractivity contribution in [1.82, 2.24) is 0 Å². The molecule has 0 aliphatic heterocycles. The molecule has 12 heteroatoms. The third-order valence-electron chi connectivity index (χ3n) is 3.23. The molecule has 0 radical (unpaired) electrons. The van der Waals surface area contributed by atoms with Gasteiger partial charge >= 0.3 is 11.9 Å². The lowest BCUT2D eigenvalue weighted by atomic mass is 10.1. The van der Waals surface area contributed by atoms with Gasteiger partial charge in [0.05, 0.1) is 6.61 Å². The molecule has 0 aliphatic rings. The van der Waals surface area contributed by atoms with E-state index in [0.29, 0.717) is 17.2 Å². The van der Waals surface area contributed by atoms with E-state index in [-0.39, 0.29) is 43.1 Å². The molecule has 156 valence electrons. The highest BCUT2D eigenvalue weighted by molar-refractivity contribution is 8.71. The number of hydrogen-bond acceptors (Lipinski definition) is 10. The van der Waals surface area contributed by atoms with Crippen molar-refractivity contribution in [3.8, 4) is 5.75 Å². The quantitative estimate of drug-likeness (QED) is 0.120. The second-order valence-corrected chi connectivity index (χ2v) is 10.1. The molecule has 10 nitrogen and oxygen atoms in total. The van der Waals surface area contributed by atoms with Gasteiger partial charge in [0.1, 0.15) is 17.9 Å². The molecule has 1 rings (SSSR count). The average molecular weight is 435 g/mol. The first-order valence-corrected chi connectivity index (χ1v) is 11.6. The van der Waals surface area contributed by atoms with Crippen LogP contribution >= 0.6 is 10.8 Å². The third-order valence-corrected chi connectivity index (χ3v) is 5.78. The summed E-state index contributed by atoms with van der Waals surface area (Å²) in [6.07, 6.45) is 1.63. The number of benzene rings is 1. The standard InChI is InChI=1S/C16H21NO9S2/c1-3-12-6-7-14(26-15(18)5-4-8-25-17(20)21)13(11-12)16(19)24-9-10-27-28(2,22)23/h6-7,11H,3-5,8-10H2,1-2H3. The fourth-order valence-electron chi connectivity index (χ4n) is 1.97. The summed E-state index contributed by atoms with van der Waals surface area (Å²) in [7, 11) is -2.58. The SMILES string of the molecule is CCc1ccc(OC(=O)CCCO[N+](=O)[O-])c(C(=O)OCCSS(C)(=O)=O)c1. The zero-order valence-electron chi connectivity index (χ0n) is 15.4. The van der Waals surface area contributed by atoms with E-state index < -0.39 is 25.9 Å². The van der Waals surface area contributed by atoms with Crippen LogP contribution in [-0.4, -0.2) is 50.7 Å². The number of rotatable bonds is 12. The molecule has 0 aliphatic carbocycles. The summed E-state index contributed by atoms with van der Waals surface area (Å²) in [5.74, 6) is -1.36. The van der Waals surface area contributed by atoms with Crippen LogP contribution in [0.3, 0.4) is 0 Å². The predicted molar refractivity (Wildman–Crippen MR) is 101 cm³/mol. The molecule has 0 amide bonds. The maximum Gasteiger partial charge on any atom is 0.341 e. The fourth-order valence-corrected chi connectivity index (χ4v) is 3.54. The Morgan fingerprint density at radius 3 is 2.57 bits per heavy atom. The first-order chi connectivity index (χ1) is 13.1. The summed E-state index contributed by atoms with van der Waals surface area (Å²) < 4.78 is 32.4. The summed E-state index contributed by atoms with van der Waals surface area (Å²) in [6.45, 7) is 1.51. The lowest BCUT2D eigenvalue weighted by Crippen LogP contribution is -2.15. The summed E-state index contributed by atoms with van der Waals surface area (Å²) in [4.78, 5) is 38.4. The number of nitrogens with zero attached hydrogens (tertiary/aromatic N) is 1. The second-order valence-electron chi connectivity index (χ2n) is 5.48. The van der Waals surface area contributed by atoms with Crippen LogP contribution in [0, 0.1) is 10.1 Å². The Hall–Kier alpha value is -2.34. The molecule has 1 aromatic carbocycles. The van der Waals surface area contributed by atoms with Gasteiger partial charge in [-0.3, -0.25) is 4.79 Å². The molecule has 0 unspecified atom stereocenters. The van der Waals surface area contributed by atoms with Crippen LogP contribution < -0.4 is 4.74 Å². The van der Waals surface area contributed by atoms with Gasteiger partial charge in [0.15, 0.2) is 8.87 Å². The third kappa shape index (κ3) is 9.55. The van der Waals surface area contributed by atoms with Gasteiger partial charge in [0, 0.05) is 18.4 Å². The van der Waals surface area contributed by atoms with E-state index in [4.69, 9.17) is 9.47 Å². The highest BCUT2D eigenvalue weighted by Gasteiger charge is 2.18. The Balaban J connectivity index is 2.71. The maximum absolute atomic E-state index is 12.3. The van der Waals surface area contributed by atoms with Crippen LogP contribution in [0.25, 0.3) is 0 Å². The summed E-state index contributed by atoms with van der Waals surface area (Å²) in [5, 5.41) is 9.11. The van der Waals surface area contributed by atoms with Crippen molar-refractivity contribution in [3.05, 3.63) is 39.4 Å². The van der Waals surface area contributed by atoms with E-state index in [1.807, 2.05) is 6.92 Å². The topological polar surface area (TPSA) is 139 Å². The minimum absolute atomic E-state index is 0.00170. The number of carbonyl (C=O) groups excluding carboxylic acids is 2. The molecule has 0 aromatic heterocycles. The first kappa shape index (κ1) is 23.7. The largest absolute Gasteiger partial charge is 0.461 e. The van der Waals surface area contributed by atoms with Gasteiger partial charge in [-0.25, -0.2) is 13.2 Å². The van der Waals surface area contributed by atoms with Crippen LogP contribution in [0.1, 0.15) is 35.7 Å². The maximum atomic E-state index is 12.3. The molecule has 28 heavy (non-hydrogen) atoms. The highest BCUT2D eigenvalue weighted by atomic mass is 33.1. The summed E-state index contributed by atoms with van der Waals surface area (Å²) >= 11 is 0. The van der Waals surface area contributed by atoms with Crippen LogP contribution in [0.5, 0.6) is 5.75 Å². The molecular weight excluding hydrogens is 414 g/mol. The highest BCUT2D eigenvalue weighted by Crippen LogP contribution is 2.23. The predicted octanol–water partition coefficient (Wildman–Crippen LogP) is 1.99. The number of hydrogen-bond donors (Lipinski definition) is 0. The van der Waals surface area contributed by atoms with Gasteiger partial charge in [-0.15, -0.1) is 10.1 Å². The Labute approximate surface area is 165 Å². The molecule has 0 fully saturated rings. The van der Waals surface area contributed by atoms with Crippen molar-refractivity contribution in [2.45, 2.75) is 26.2 Å².